The van der Waals surface area contributed by atoms with Crippen LogP contribution in [0.15, 0.2) is 6.07 Å². The van der Waals surface area contributed by atoms with E-state index in [0.29, 0.717) is 32.6 Å². The van der Waals surface area contributed by atoms with E-state index < -0.39 is 0 Å². The topological polar surface area (TPSA) is 88.5 Å². The molecule has 0 saturated carbocycles. The van der Waals surface area contributed by atoms with Crippen molar-refractivity contribution < 1.29 is 14.3 Å². The van der Waals surface area contributed by atoms with E-state index in [2.05, 4.69) is 20.6 Å². The molecule has 1 fully saturated rings. The number of nitrogens with zero attached hydrogens (tertiary/aromatic N) is 3. The maximum atomic E-state index is 12.1. The van der Waals surface area contributed by atoms with Gasteiger partial charge in [-0.05, 0) is 18.9 Å². The minimum absolute atomic E-state index is 0.0236. The van der Waals surface area contributed by atoms with Gasteiger partial charge < -0.3 is 15.4 Å². The van der Waals surface area contributed by atoms with Gasteiger partial charge in [0.05, 0.1) is 37.1 Å². The molecule has 2 aliphatic heterocycles. The van der Waals surface area contributed by atoms with Gasteiger partial charge in [-0.1, -0.05) is 6.92 Å². The second-order valence-corrected chi connectivity index (χ2v) is 6.63. The Bertz CT molecular complexity index is 609. The summed E-state index contributed by atoms with van der Waals surface area (Å²) in [4.78, 5) is 25.6. The van der Waals surface area contributed by atoms with Crippen molar-refractivity contribution in [3.05, 3.63) is 17.5 Å². The zero-order chi connectivity index (χ0) is 17.6. The van der Waals surface area contributed by atoms with E-state index in [9.17, 15) is 9.59 Å². The molecule has 1 aromatic heterocycles. The van der Waals surface area contributed by atoms with Gasteiger partial charge in [-0.15, -0.1) is 0 Å². The van der Waals surface area contributed by atoms with Crippen molar-refractivity contribution in [3.63, 3.8) is 0 Å². The zero-order valence-corrected chi connectivity index (χ0v) is 14.8. The highest BCUT2D eigenvalue weighted by atomic mass is 16.5. The van der Waals surface area contributed by atoms with E-state index in [1.54, 1.807) is 0 Å². The molecule has 3 heterocycles. The predicted molar refractivity (Wildman–Crippen MR) is 91.6 cm³/mol. The fraction of sp³-hybridized carbons (Fsp3) is 0.706. The Morgan fingerprint density at radius 2 is 2.20 bits per heavy atom. The first-order valence-corrected chi connectivity index (χ1v) is 9.07. The molecule has 0 aromatic carbocycles. The summed E-state index contributed by atoms with van der Waals surface area (Å²) in [6.07, 6.45) is 2.76. The third-order valence-corrected chi connectivity index (χ3v) is 4.63. The number of hydrogen-bond donors (Lipinski definition) is 2. The van der Waals surface area contributed by atoms with Crippen LogP contribution in [0.25, 0.3) is 0 Å². The van der Waals surface area contributed by atoms with Crippen molar-refractivity contribution in [2.75, 3.05) is 26.2 Å². The van der Waals surface area contributed by atoms with Gasteiger partial charge in [0.1, 0.15) is 0 Å². The van der Waals surface area contributed by atoms with E-state index in [0.717, 1.165) is 43.9 Å². The maximum Gasteiger partial charge on any atom is 0.234 e. The van der Waals surface area contributed by atoms with Crippen LogP contribution in [0.3, 0.4) is 0 Å². The normalized spacial score (nSPS) is 20.3. The Kier molecular flexibility index (Phi) is 6.04. The van der Waals surface area contributed by atoms with Crippen LogP contribution in [0, 0.1) is 0 Å². The largest absolute Gasteiger partial charge is 0.376 e. The van der Waals surface area contributed by atoms with Crippen LogP contribution in [0.4, 0.5) is 0 Å². The maximum absolute atomic E-state index is 12.1. The monoisotopic (exact) mass is 349 g/mol. The van der Waals surface area contributed by atoms with Crippen molar-refractivity contribution in [3.8, 4) is 0 Å². The highest BCUT2D eigenvalue weighted by Gasteiger charge is 2.21. The summed E-state index contributed by atoms with van der Waals surface area (Å²) >= 11 is 0. The molecule has 1 atom stereocenters. The quantitative estimate of drug-likeness (QED) is 0.725. The van der Waals surface area contributed by atoms with Crippen molar-refractivity contribution in [2.45, 2.75) is 51.9 Å². The highest BCUT2D eigenvalue weighted by molar-refractivity contribution is 5.78. The number of hydrogen-bond acceptors (Lipinski definition) is 5. The number of fused-ring (bicyclic) bond motifs is 1. The molecular weight excluding hydrogens is 322 g/mol. The van der Waals surface area contributed by atoms with Crippen molar-refractivity contribution >= 4 is 11.8 Å². The summed E-state index contributed by atoms with van der Waals surface area (Å²) in [5.74, 6) is 0.0643. The summed E-state index contributed by atoms with van der Waals surface area (Å²) < 4.78 is 7.49. The third kappa shape index (κ3) is 5.02. The molecule has 25 heavy (non-hydrogen) atoms. The van der Waals surface area contributed by atoms with Gasteiger partial charge >= 0.3 is 0 Å². The first kappa shape index (κ1) is 17.9. The lowest BCUT2D eigenvalue weighted by molar-refractivity contribution is -0.123. The third-order valence-electron chi connectivity index (χ3n) is 4.63. The smallest absolute Gasteiger partial charge is 0.234 e. The van der Waals surface area contributed by atoms with Crippen LogP contribution in [-0.2, 0) is 34.0 Å². The SMILES string of the molecule is CCC(=O)NCc1cc2n(n1)CCN(CC(=O)NC[C@H]1CCCO1)C2. The van der Waals surface area contributed by atoms with Crippen LogP contribution in [0.1, 0.15) is 37.6 Å². The van der Waals surface area contributed by atoms with Gasteiger partial charge in [0, 0.05) is 32.7 Å². The minimum Gasteiger partial charge on any atom is -0.376 e. The summed E-state index contributed by atoms with van der Waals surface area (Å²) in [6.45, 7) is 6.33. The molecule has 2 N–H and O–H groups in total. The van der Waals surface area contributed by atoms with Crippen molar-refractivity contribution in [1.82, 2.24) is 25.3 Å². The summed E-state index contributed by atoms with van der Waals surface area (Å²) in [5.41, 5.74) is 1.94. The molecule has 1 aromatic rings. The Morgan fingerprint density at radius 3 is 2.96 bits per heavy atom. The van der Waals surface area contributed by atoms with E-state index in [1.807, 2.05) is 17.7 Å². The lowest BCUT2D eigenvalue weighted by Gasteiger charge is -2.27. The van der Waals surface area contributed by atoms with Crippen LogP contribution < -0.4 is 10.6 Å². The molecule has 0 bridgehead atoms. The first-order valence-electron chi connectivity index (χ1n) is 9.07. The van der Waals surface area contributed by atoms with Crippen LogP contribution >= 0.6 is 0 Å². The van der Waals surface area contributed by atoms with Crippen molar-refractivity contribution in [2.24, 2.45) is 0 Å². The number of carbonyl (C=O) groups excluding carboxylic acids is 2. The van der Waals surface area contributed by atoms with Gasteiger partial charge in [-0.3, -0.25) is 19.2 Å². The first-order chi connectivity index (χ1) is 12.1. The zero-order valence-electron chi connectivity index (χ0n) is 14.8. The average molecular weight is 349 g/mol. The molecule has 138 valence electrons. The van der Waals surface area contributed by atoms with Crippen LogP contribution in [0.5, 0.6) is 0 Å². The predicted octanol–water partition coefficient (Wildman–Crippen LogP) is 0.0201. The second kappa shape index (κ2) is 8.44. The molecule has 0 unspecified atom stereocenters. The molecule has 2 aliphatic rings. The molecule has 8 heteroatoms. The van der Waals surface area contributed by atoms with E-state index in [-0.39, 0.29) is 17.9 Å². The second-order valence-electron chi connectivity index (χ2n) is 6.63. The number of aromatic nitrogens is 2. The van der Waals surface area contributed by atoms with Gasteiger partial charge in [0.15, 0.2) is 0 Å². The van der Waals surface area contributed by atoms with Crippen LogP contribution in [0.2, 0.25) is 0 Å². The highest BCUT2D eigenvalue weighted by Crippen LogP contribution is 2.14. The van der Waals surface area contributed by atoms with Crippen LogP contribution in [-0.4, -0.2) is 58.8 Å². The lowest BCUT2D eigenvalue weighted by Crippen LogP contribution is -2.43. The molecule has 3 rings (SSSR count). The summed E-state index contributed by atoms with van der Waals surface area (Å²) in [6, 6.07) is 2.01. The average Bonchev–Trinajstić information content (AvgIpc) is 3.26. The van der Waals surface area contributed by atoms with Gasteiger partial charge in [0.25, 0.3) is 0 Å². The molecule has 0 radical (unpaired) electrons. The molecule has 2 amide bonds. The van der Waals surface area contributed by atoms with Gasteiger partial charge in [0.2, 0.25) is 11.8 Å². The van der Waals surface area contributed by atoms with Crippen molar-refractivity contribution in [1.29, 1.82) is 0 Å². The molecule has 0 spiro atoms. The molecular formula is C17H27N5O3. The number of ether oxygens (including phenoxy) is 1. The molecule has 1 saturated heterocycles. The summed E-state index contributed by atoms with van der Waals surface area (Å²) in [5, 5.41) is 10.3. The lowest BCUT2D eigenvalue weighted by atomic mass is 10.2. The van der Waals surface area contributed by atoms with E-state index >= 15 is 0 Å². The Hall–Kier alpha value is -1.93. The molecule has 0 aliphatic carbocycles. The summed E-state index contributed by atoms with van der Waals surface area (Å²) in [7, 11) is 0. The standard InChI is InChI=1S/C17H27N5O3/c1-2-16(23)18-9-13-8-14-11-21(5-6-22(14)20-13)12-17(24)19-10-15-4-3-7-25-15/h8,15H,2-7,9-12H2,1H3,(H,18,23)(H,19,24)/t15-/m1/s1. The molecule has 8 nitrogen and oxygen atoms in total. The Morgan fingerprint density at radius 1 is 1.32 bits per heavy atom. The number of amides is 2. The van der Waals surface area contributed by atoms with Gasteiger partial charge in [-0.25, -0.2) is 0 Å². The Labute approximate surface area is 147 Å². The fourth-order valence-corrected chi connectivity index (χ4v) is 3.21. The Balaban J connectivity index is 1.44. The number of carbonyl (C=O) groups is 2. The number of rotatable bonds is 7. The minimum atomic E-state index is 0.0236. The number of nitrogens with one attached hydrogen (secondary N) is 2. The van der Waals surface area contributed by atoms with Gasteiger partial charge in [-0.2, -0.15) is 5.10 Å². The van der Waals surface area contributed by atoms with E-state index in [1.165, 1.54) is 0 Å². The fourth-order valence-electron chi connectivity index (χ4n) is 3.21. The van der Waals surface area contributed by atoms with E-state index in [4.69, 9.17) is 4.74 Å².